The summed E-state index contributed by atoms with van der Waals surface area (Å²) in [6.07, 6.45) is 1.42. The number of nitrogens with two attached hydrogens (primary N) is 1. The highest BCUT2D eigenvalue weighted by molar-refractivity contribution is 5.97. The van der Waals surface area contributed by atoms with E-state index in [0.29, 0.717) is 11.4 Å². The summed E-state index contributed by atoms with van der Waals surface area (Å²) in [4.78, 5) is 11.8. The Balaban J connectivity index is 2.08. The first kappa shape index (κ1) is 11.2. The molecule has 0 bridgehead atoms. The average molecular weight is 230 g/mol. The third-order valence-electron chi connectivity index (χ3n) is 2.54. The van der Waals surface area contributed by atoms with Gasteiger partial charge in [0, 0.05) is 0 Å². The van der Waals surface area contributed by atoms with E-state index in [1.54, 1.807) is 0 Å². The predicted molar refractivity (Wildman–Crippen MR) is 65.3 cm³/mol. The number of hydrogen-bond donors (Lipinski definition) is 3. The van der Waals surface area contributed by atoms with Crippen molar-refractivity contribution in [2.45, 2.75) is 13.0 Å². The van der Waals surface area contributed by atoms with Crippen molar-refractivity contribution in [2.75, 3.05) is 5.73 Å². The lowest BCUT2D eigenvalue weighted by Crippen LogP contribution is -2.27. The lowest BCUT2D eigenvalue weighted by Gasteiger charge is -2.13. The number of nitrogens with one attached hydrogen (secondary N) is 2. The molecule has 0 fully saturated rings. The summed E-state index contributed by atoms with van der Waals surface area (Å²) in [6.45, 7) is 1.92. The van der Waals surface area contributed by atoms with E-state index in [1.165, 1.54) is 6.20 Å². The number of anilines is 1. The number of rotatable bonds is 3. The van der Waals surface area contributed by atoms with E-state index < -0.39 is 0 Å². The van der Waals surface area contributed by atoms with E-state index in [9.17, 15) is 4.79 Å². The third-order valence-corrected chi connectivity index (χ3v) is 2.54. The second-order valence-electron chi connectivity index (χ2n) is 3.81. The van der Waals surface area contributed by atoms with Crippen molar-refractivity contribution in [2.24, 2.45) is 0 Å². The van der Waals surface area contributed by atoms with Crippen LogP contribution < -0.4 is 11.1 Å². The smallest absolute Gasteiger partial charge is 0.271 e. The van der Waals surface area contributed by atoms with Crippen molar-refractivity contribution in [1.82, 2.24) is 15.5 Å². The summed E-state index contributed by atoms with van der Waals surface area (Å²) >= 11 is 0. The highest BCUT2D eigenvalue weighted by Gasteiger charge is 2.14. The quantitative estimate of drug-likeness (QED) is 0.746. The van der Waals surface area contributed by atoms with E-state index in [-0.39, 0.29) is 11.9 Å². The van der Waals surface area contributed by atoms with Crippen molar-refractivity contribution in [3.05, 3.63) is 47.8 Å². The van der Waals surface area contributed by atoms with Crippen molar-refractivity contribution >= 4 is 11.6 Å². The topological polar surface area (TPSA) is 83.8 Å². The summed E-state index contributed by atoms with van der Waals surface area (Å²) in [5.74, 6) is -0.253. The van der Waals surface area contributed by atoms with Crippen LogP contribution in [-0.4, -0.2) is 16.1 Å². The van der Waals surface area contributed by atoms with Crippen LogP contribution in [0.2, 0.25) is 0 Å². The lowest BCUT2D eigenvalue weighted by atomic mass is 10.1. The minimum atomic E-state index is -0.253. The molecule has 0 spiro atoms. The third kappa shape index (κ3) is 2.44. The normalized spacial score (nSPS) is 12.1. The minimum absolute atomic E-state index is 0.0774. The summed E-state index contributed by atoms with van der Waals surface area (Å²) in [6, 6.07) is 9.64. The van der Waals surface area contributed by atoms with Gasteiger partial charge in [0.15, 0.2) is 0 Å². The van der Waals surface area contributed by atoms with Crippen LogP contribution in [0.25, 0.3) is 0 Å². The molecule has 5 nitrogen and oxygen atoms in total. The van der Waals surface area contributed by atoms with Crippen LogP contribution in [0.1, 0.15) is 29.0 Å². The van der Waals surface area contributed by atoms with Gasteiger partial charge in [-0.3, -0.25) is 9.89 Å². The molecule has 0 aliphatic heterocycles. The van der Waals surface area contributed by atoms with E-state index in [0.717, 1.165) is 5.56 Å². The summed E-state index contributed by atoms with van der Waals surface area (Å²) in [5.41, 5.74) is 7.29. The molecule has 4 N–H and O–H groups in total. The molecular weight excluding hydrogens is 216 g/mol. The summed E-state index contributed by atoms with van der Waals surface area (Å²) in [7, 11) is 0. The lowest BCUT2D eigenvalue weighted by molar-refractivity contribution is 0.0935. The molecule has 1 atom stereocenters. The Morgan fingerprint density at radius 3 is 2.71 bits per heavy atom. The van der Waals surface area contributed by atoms with Crippen LogP contribution in [0.4, 0.5) is 5.69 Å². The van der Waals surface area contributed by atoms with Crippen molar-refractivity contribution in [3.8, 4) is 0 Å². The monoisotopic (exact) mass is 230 g/mol. The number of hydrogen-bond acceptors (Lipinski definition) is 3. The number of nitrogen functional groups attached to an aromatic ring is 1. The van der Waals surface area contributed by atoms with Crippen LogP contribution in [-0.2, 0) is 0 Å². The number of carbonyl (C=O) groups excluding carboxylic acids is 1. The van der Waals surface area contributed by atoms with Gasteiger partial charge in [-0.25, -0.2) is 0 Å². The predicted octanol–water partition coefficient (Wildman–Crippen LogP) is 1.48. The van der Waals surface area contributed by atoms with Gasteiger partial charge < -0.3 is 11.1 Å². The maximum atomic E-state index is 11.8. The molecule has 0 aliphatic rings. The fraction of sp³-hybridized carbons (Fsp3) is 0.167. The molecular formula is C12H14N4O. The Labute approximate surface area is 99.0 Å². The molecule has 1 heterocycles. The highest BCUT2D eigenvalue weighted by Crippen LogP contribution is 2.13. The number of nitrogens with zero attached hydrogens (tertiary/aromatic N) is 1. The molecule has 17 heavy (non-hydrogen) atoms. The van der Waals surface area contributed by atoms with E-state index in [1.807, 2.05) is 37.3 Å². The van der Waals surface area contributed by atoms with Crippen molar-refractivity contribution in [1.29, 1.82) is 0 Å². The second kappa shape index (κ2) is 4.69. The maximum absolute atomic E-state index is 11.8. The van der Waals surface area contributed by atoms with E-state index >= 15 is 0 Å². The van der Waals surface area contributed by atoms with Gasteiger partial charge in [0.2, 0.25) is 0 Å². The summed E-state index contributed by atoms with van der Waals surface area (Å²) in [5, 5.41) is 9.14. The van der Waals surface area contributed by atoms with Gasteiger partial charge in [-0.2, -0.15) is 5.10 Å². The van der Waals surface area contributed by atoms with Crippen LogP contribution in [0.15, 0.2) is 36.5 Å². The zero-order valence-electron chi connectivity index (χ0n) is 9.47. The van der Waals surface area contributed by atoms with Crippen molar-refractivity contribution < 1.29 is 4.79 Å². The molecule has 0 unspecified atom stereocenters. The Bertz CT molecular complexity index is 506. The van der Waals surface area contributed by atoms with Crippen LogP contribution in [0.5, 0.6) is 0 Å². The van der Waals surface area contributed by atoms with Crippen LogP contribution in [0, 0.1) is 0 Å². The van der Waals surface area contributed by atoms with Crippen LogP contribution in [0.3, 0.4) is 0 Å². The van der Waals surface area contributed by atoms with Gasteiger partial charge in [-0.05, 0) is 12.5 Å². The van der Waals surface area contributed by atoms with Gasteiger partial charge in [0.05, 0.1) is 17.9 Å². The number of benzene rings is 1. The first-order chi connectivity index (χ1) is 8.18. The molecule has 5 heteroatoms. The van der Waals surface area contributed by atoms with Crippen LogP contribution >= 0.6 is 0 Å². The fourth-order valence-electron chi connectivity index (χ4n) is 1.57. The molecule has 1 amide bonds. The Morgan fingerprint density at radius 1 is 1.41 bits per heavy atom. The Hall–Kier alpha value is -2.30. The molecule has 2 rings (SSSR count). The maximum Gasteiger partial charge on any atom is 0.271 e. The minimum Gasteiger partial charge on any atom is -0.396 e. The van der Waals surface area contributed by atoms with Gasteiger partial charge in [-0.1, -0.05) is 30.3 Å². The summed E-state index contributed by atoms with van der Waals surface area (Å²) < 4.78 is 0. The molecule has 0 saturated heterocycles. The Kier molecular flexibility index (Phi) is 3.09. The van der Waals surface area contributed by atoms with E-state index in [4.69, 9.17) is 5.73 Å². The number of H-pyrrole nitrogens is 1. The zero-order chi connectivity index (χ0) is 12.3. The van der Waals surface area contributed by atoms with Crippen molar-refractivity contribution in [3.63, 3.8) is 0 Å². The van der Waals surface area contributed by atoms with Gasteiger partial charge >= 0.3 is 0 Å². The average Bonchev–Trinajstić information content (AvgIpc) is 2.76. The molecule has 1 aromatic carbocycles. The number of aromatic nitrogens is 2. The highest BCUT2D eigenvalue weighted by atomic mass is 16.2. The van der Waals surface area contributed by atoms with Gasteiger partial charge in [0.1, 0.15) is 5.69 Å². The SMILES string of the molecule is C[C@@H](NC(=O)c1[nH]ncc1N)c1ccccc1. The fourth-order valence-corrected chi connectivity index (χ4v) is 1.57. The Morgan fingerprint density at radius 2 is 2.12 bits per heavy atom. The largest absolute Gasteiger partial charge is 0.396 e. The molecule has 2 aromatic rings. The molecule has 88 valence electrons. The zero-order valence-corrected chi connectivity index (χ0v) is 9.47. The first-order valence-corrected chi connectivity index (χ1v) is 5.33. The molecule has 1 aromatic heterocycles. The van der Waals surface area contributed by atoms with E-state index in [2.05, 4.69) is 15.5 Å². The first-order valence-electron chi connectivity index (χ1n) is 5.33. The number of amides is 1. The van der Waals surface area contributed by atoms with Gasteiger partial charge in [0.25, 0.3) is 5.91 Å². The van der Waals surface area contributed by atoms with Gasteiger partial charge in [-0.15, -0.1) is 0 Å². The molecule has 0 radical (unpaired) electrons. The standard InChI is InChI=1S/C12H14N4O/c1-8(9-5-3-2-4-6-9)15-12(17)11-10(13)7-14-16-11/h2-8H,13H2,1H3,(H,14,16)(H,15,17)/t8-/m1/s1. The molecule has 0 saturated carbocycles. The second-order valence-corrected chi connectivity index (χ2v) is 3.81. The number of carbonyl (C=O) groups is 1. The molecule has 0 aliphatic carbocycles. The number of aromatic amines is 1.